The number of likely N-dealkylation sites (N-methyl/N-ethyl adjacent to an activating group) is 1. The lowest BCUT2D eigenvalue weighted by Gasteiger charge is -2.18. The molecule has 0 amide bonds. The number of hydrogen-bond donors (Lipinski definition) is 2. The van der Waals surface area contributed by atoms with E-state index in [1.807, 2.05) is 36.2 Å². The van der Waals surface area contributed by atoms with E-state index in [-0.39, 0.29) is 6.61 Å². The molecule has 0 spiro atoms. The highest BCUT2D eigenvalue weighted by Gasteiger charge is 2.09. The Morgan fingerprint density at radius 2 is 1.89 bits per heavy atom. The van der Waals surface area contributed by atoms with E-state index in [1.165, 1.54) is 0 Å². The fourth-order valence-electron chi connectivity index (χ4n) is 1.80. The van der Waals surface area contributed by atoms with Crippen molar-refractivity contribution in [1.82, 2.24) is 4.90 Å². The number of hydrogen-bond acceptors (Lipinski definition) is 4. The first-order valence-corrected chi connectivity index (χ1v) is 6.87. The average Bonchev–Trinajstić information content (AvgIpc) is 2.43. The molecule has 4 heteroatoms. The van der Waals surface area contributed by atoms with E-state index in [1.54, 1.807) is 0 Å². The van der Waals surface area contributed by atoms with Gasteiger partial charge in [-0.2, -0.15) is 0 Å². The molecule has 4 nitrogen and oxygen atoms in total. The number of benzene rings is 1. The molecule has 0 aliphatic rings. The maximum atomic E-state index is 10.1. The van der Waals surface area contributed by atoms with Crippen molar-refractivity contribution in [3.05, 3.63) is 29.8 Å². The van der Waals surface area contributed by atoms with Crippen molar-refractivity contribution >= 4 is 0 Å². The standard InChI is InChI=1S/C15H25NO3/c1-3-12-19-14-6-4-13(5-7-14)15(18)8-9-16(2)10-11-17/h4-7,15,17-18H,3,8-12H2,1-2H3. The predicted octanol–water partition coefficient (Wildman–Crippen LogP) is 1.82. The molecule has 1 rings (SSSR count). The first kappa shape index (κ1) is 16.0. The summed E-state index contributed by atoms with van der Waals surface area (Å²) in [5.74, 6) is 0.843. The van der Waals surface area contributed by atoms with Gasteiger partial charge in [0.2, 0.25) is 0 Å². The predicted molar refractivity (Wildman–Crippen MR) is 76.4 cm³/mol. The molecule has 1 unspecified atom stereocenters. The lowest BCUT2D eigenvalue weighted by atomic mass is 10.1. The topological polar surface area (TPSA) is 52.9 Å². The number of rotatable bonds is 9. The van der Waals surface area contributed by atoms with Crippen molar-refractivity contribution in [3.8, 4) is 5.75 Å². The van der Waals surface area contributed by atoms with Crippen LogP contribution < -0.4 is 4.74 Å². The third-order valence-electron chi connectivity index (χ3n) is 3.00. The van der Waals surface area contributed by atoms with E-state index in [0.717, 1.165) is 24.3 Å². The second kappa shape index (κ2) is 8.91. The molecule has 108 valence electrons. The van der Waals surface area contributed by atoms with E-state index < -0.39 is 6.10 Å². The molecule has 0 radical (unpaired) electrons. The number of nitrogens with zero attached hydrogens (tertiary/aromatic N) is 1. The Balaban J connectivity index is 2.41. The van der Waals surface area contributed by atoms with Crippen molar-refractivity contribution < 1.29 is 14.9 Å². The van der Waals surface area contributed by atoms with Gasteiger partial charge < -0.3 is 19.8 Å². The summed E-state index contributed by atoms with van der Waals surface area (Å²) in [4.78, 5) is 2.00. The van der Waals surface area contributed by atoms with Gasteiger partial charge >= 0.3 is 0 Å². The number of aliphatic hydroxyl groups excluding tert-OH is 2. The molecule has 0 aliphatic heterocycles. The van der Waals surface area contributed by atoms with Crippen LogP contribution in [0.1, 0.15) is 31.4 Å². The second-order valence-corrected chi connectivity index (χ2v) is 4.75. The van der Waals surface area contributed by atoms with Crippen LogP contribution in [0.2, 0.25) is 0 Å². The summed E-state index contributed by atoms with van der Waals surface area (Å²) < 4.78 is 5.50. The maximum absolute atomic E-state index is 10.1. The number of ether oxygens (including phenoxy) is 1. The molecule has 0 saturated carbocycles. The lowest BCUT2D eigenvalue weighted by Crippen LogP contribution is -2.24. The Bertz CT molecular complexity index is 340. The van der Waals surface area contributed by atoms with E-state index in [4.69, 9.17) is 9.84 Å². The van der Waals surface area contributed by atoms with Gasteiger partial charge in [-0.1, -0.05) is 19.1 Å². The molecular formula is C15H25NO3. The largest absolute Gasteiger partial charge is 0.494 e. The van der Waals surface area contributed by atoms with E-state index in [0.29, 0.717) is 19.6 Å². The fraction of sp³-hybridized carbons (Fsp3) is 0.600. The SMILES string of the molecule is CCCOc1ccc(C(O)CCN(C)CCO)cc1. The summed E-state index contributed by atoms with van der Waals surface area (Å²) in [6, 6.07) is 7.60. The summed E-state index contributed by atoms with van der Waals surface area (Å²) >= 11 is 0. The minimum Gasteiger partial charge on any atom is -0.494 e. The Kier molecular flexibility index (Phi) is 7.48. The molecule has 0 heterocycles. The van der Waals surface area contributed by atoms with Crippen LogP contribution >= 0.6 is 0 Å². The molecule has 1 aromatic rings. The van der Waals surface area contributed by atoms with Gasteiger partial charge in [0, 0.05) is 13.1 Å². The number of aliphatic hydroxyl groups is 2. The smallest absolute Gasteiger partial charge is 0.119 e. The van der Waals surface area contributed by atoms with Crippen LogP contribution in [-0.2, 0) is 0 Å². The van der Waals surface area contributed by atoms with Crippen LogP contribution in [0.3, 0.4) is 0 Å². The third kappa shape index (κ3) is 6.05. The van der Waals surface area contributed by atoms with Crippen LogP contribution in [0.25, 0.3) is 0 Å². The zero-order valence-corrected chi connectivity index (χ0v) is 11.9. The molecule has 1 aromatic carbocycles. The van der Waals surface area contributed by atoms with Gasteiger partial charge in [0.25, 0.3) is 0 Å². The van der Waals surface area contributed by atoms with Gasteiger partial charge in [-0.05, 0) is 37.6 Å². The summed E-state index contributed by atoms with van der Waals surface area (Å²) in [6.45, 7) is 4.33. The van der Waals surface area contributed by atoms with Gasteiger partial charge in [0.15, 0.2) is 0 Å². The lowest BCUT2D eigenvalue weighted by molar-refractivity contribution is 0.141. The second-order valence-electron chi connectivity index (χ2n) is 4.75. The summed E-state index contributed by atoms with van der Waals surface area (Å²) in [6.07, 6.45) is 1.18. The van der Waals surface area contributed by atoms with Crippen molar-refractivity contribution in [2.45, 2.75) is 25.9 Å². The normalized spacial score (nSPS) is 12.7. The molecule has 0 aliphatic carbocycles. The highest BCUT2D eigenvalue weighted by molar-refractivity contribution is 5.28. The zero-order valence-electron chi connectivity index (χ0n) is 11.9. The molecular weight excluding hydrogens is 242 g/mol. The van der Waals surface area contributed by atoms with Gasteiger partial charge in [-0.15, -0.1) is 0 Å². The molecule has 19 heavy (non-hydrogen) atoms. The first-order valence-electron chi connectivity index (χ1n) is 6.87. The van der Waals surface area contributed by atoms with Crippen LogP contribution in [0.5, 0.6) is 5.75 Å². The average molecular weight is 267 g/mol. The van der Waals surface area contributed by atoms with Crippen molar-refractivity contribution in [3.63, 3.8) is 0 Å². The highest BCUT2D eigenvalue weighted by Crippen LogP contribution is 2.20. The van der Waals surface area contributed by atoms with Crippen LogP contribution in [-0.4, -0.2) is 48.5 Å². The van der Waals surface area contributed by atoms with Crippen molar-refractivity contribution in [2.24, 2.45) is 0 Å². The Labute approximate surface area is 115 Å². The van der Waals surface area contributed by atoms with Gasteiger partial charge in [0.1, 0.15) is 5.75 Å². The Hall–Kier alpha value is -1.10. The minimum absolute atomic E-state index is 0.149. The molecule has 1 atom stereocenters. The van der Waals surface area contributed by atoms with Crippen LogP contribution in [0.15, 0.2) is 24.3 Å². The Morgan fingerprint density at radius 1 is 1.21 bits per heavy atom. The molecule has 0 bridgehead atoms. The van der Waals surface area contributed by atoms with E-state index in [9.17, 15) is 5.11 Å². The van der Waals surface area contributed by atoms with Crippen molar-refractivity contribution in [2.75, 3.05) is 33.4 Å². The summed E-state index contributed by atoms with van der Waals surface area (Å²) in [5, 5.41) is 18.9. The Morgan fingerprint density at radius 3 is 2.47 bits per heavy atom. The highest BCUT2D eigenvalue weighted by atomic mass is 16.5. The minimum atomic E-state index is -0.471. The van der Waals surface area contributed by atoms with Crippen molar-refractivity contribution in [1.29, 1.82) is 0 Å². The molecule has 0 aromatic heterocycles. The van der Waals surface area contributed by atoms with Crippen LogP contribution in [0, 0.1) is 0 Å². The fourth-order valence-corrected chi connectivity index (χ4v) is 1.80. The zero-order chi connectivity index (χ0) is 14.1. The van der Waals surface area contributed by atoms with Gasteiger partial charge in [0.05, 0.1) is 19.3 Å². The quantitative estimate of drug-likeness (QED) is 0.716. The molecule has 0 fully saturated rings. The third-order valence-corrected chi connectivity index (χ3v) is 3.00. The summed E-state index contributed by atoms with van der Waals surface area (Å²) in [5.41, 5.74) is 0.904. The van der Waals surface area contributed by atoms with Gasteiger partial charge in [-0.25, -0.2) is 0 Å². The van der Waals surface area contributed by atoms with Gasteiger partial charge in [-0.3, -0.25) is 0 Å². The first-order chi connectivity index (χ1) is 9.17. The van der Waals surface area contributed by atoms with Crippen LogP contribution in [0.4, 0.5) is 0 Å². The summed E-state index contributed by atoms with van der Waals surface area (Å²) in [7, 11) is 1.94. The molecule has 0 saturated heterocycles. The maximum Gasteiger partial charge on any atom is 0.119 e. The monoisotopic (exact) mass is 267 g/mol. The molecule has 2 N–H and O–H groups in total. The van der Waals surface area contributed by atoms with E-state index in [2.05, 4.69) is 6.92 Å². The van der Waals surface area contributed by atoms with E-state index >= 15 is 0 Å².